The summed E-state index contributed by atoms with van der Waals surface area (Å²) in [6.45, 7) is 4.07. The third-order valence-corrected chi connectivity index (χ3v) is 2.43. The number of allylic oxidation sites excluding steroid dienone is 1. The monoisotopic (exact) mass is 258 g/mol. The number of hydrogen-bond donors (Lipinski definition) is 1. The fraction of sp³-hybridized carbons (Fsp3) is 0.273. The lowest BCUT2D eigenvalue weighted by Crippen LogP contribution is -2.04. The Morgan fingerprint density at radius 1 is 1.59 bits per heavy atom. The van der Waals surface area contributed by atoms with Gasteiger partial charge in [-0.25, -0.2) is 4.39 Å². The summed E-state index contributed by atoms with van der Waals surface area (Å²) >= 11 is 5.49. The fourth-order valence-electron chi connectivity index (χ4n) is 1.30. The van der Waals surface area contributed by atoms with E-state index in [1.165, 1.54) is 0 Å². The second kappa shape index (κ2) is 6.20. The van der Waals surface area contributed by atoms with E-state index in [1.54, 1.807) is 6.08 Å². The first kappa shape index (κ1) is 13.4. The van der Waals surface area contributed by atoms with Gasteiger partial charge in [-0.15, -0.1) is 6.58 Å². The number of anilines is 1. The summed E-state index contributed by atoms with van der Waals surface area (Å²) < 4.78 is 13.2. The number of hydrogen-bond acceptors (Lipinski definition) is 3. The van der Waals surface area contributed by atoms with E-state index in [2.05, 4.69) is 11.9 Å². The highest BCUT2D eigenvalue weighted by molar-refractivity contribution is 6.31. The number of unbranched alkanes of at least 4 members (excludes halogenated alkanes) is 1. The molecule has 1 N–H and O–H groups in total. The van der Waals surface area contributed by atoms with Gasteiger partial charge in [-0.1, -0.05) is 17.7 Å². The first-order chi connectivity index (χ1) is 8.06. The van der Waals surface area contributed by atoms with Crippen LogP contribution in [0.25, 0.3) is 0 Å². The molecule has 1 rings (SSSR count). The van der Waals surface area contributed by atoms with Gasteiger partial charge in [0.25, 0.3) is 5.69 Å². The van der Waals surface area contributed by atoms with Crippen LogP contribution in [0.4, 0.5) is 15.8 Å². The quantitative estimate of drug-likeness (QED) is 0.366. The minimum atomic E-state index is -0.677. The normalized spacial score (nSPS) is 10.0. The lowest BCUT2D eigenvalue weighted by Gasteiger charge is -2.07. The summed E-state index contributed by atoms with van der Waals surface area (Å²) in [5.74, 6) is -0.677. The Morgan fingerprint density at radius 2 is 2.29 bits per heavy atom. The Kier molecular flexibility index (Phi) is 4.90. The van der Waals surface area contributed by atoms with Crippen LogP contribution >= 0.6 is 11.6 Å². The molecule has 0 bridgehead atoms. The molecule has 1 aromatic rings. The first-order valence-electron chi connectivity index (χ1n) is 5.04. The average Bonchev–Trinajstić information content (AvgIpc) is 2.28. The van der Waals surface area contributed by atoms with E-state index in [4.69, 9.17) is 11.6 Å². The molecule has 0 aliphatic carbocycles. The van der Waals surface area contributed by atoms with Gasteiger partial charge >= 0.3 is 0 Å². The van der Waals surface area contributed by atoms with Crippen LogP contribution in [0.5, 0.6) is 0 Å². The van der Waals surface area contributed by atoms with Crippen LogP contribution in [0, 0.1) is 15.9 Å². The standard InChI is InChI=1S/C11H12ClFN2O2/c1-2-3-4-5-14-10-7-9(13)8(12)6-11(10)15(16)17/h2,6-7,14H,1,3-5H2. The number of nitro groups is 1. The van der Waals surface area contributed by atoms with Gasteiger partial charge in [0.1, 0.15) is 11.5 Å². The maximum absolute atomic E-state index is 13.2. The fourth-order valence-corrected chi connectivity index (χ4v) is 1.46. The van der Waals surface area contributed by atoms with Crippen LogP contribution in [-0.2, 0) is 0 Å². The summed E-state index contributed by atoms with van der Waals surface area (Å²) in [6.07, 6.45) is 3.31. The molecular formula is C11H12ClFN2O2. The van der Waals surface area contributed by atoms with Crippen LogP contribution in [0.2, 0.25) is 5.02 Å². The van der Waals surface area contributed by atoms with Crippen LogP contribution in [0.3, 0.4) is 0 Å². The van der Waals surface area contributed by atoms with Gasteiger partial charge in [-0.2, -0.15) is 0 Å². The van der Waals surface area contributed by atoms with E-state index in [9.17, 15) is 14.5 Å². The van der Waals surface area contributed by atoms with E-state index in [0.29, 0.717) is 6.54 Å². The summed E-state index contributed by atoms with van der Waals surface area (Å²) in [7, 11) is 0. The molecule has 0 spiro atoms. The third-order valence-electron chi connectivity index (χ3n) is 2.14. The lowest BCUT2D eigenvalue weighted by molar-refractivity contribution is -0.384. The van der Waals surface area contributed by atoms with Crippen molar-refractivity contribution in [1.29, 1.82) is 0 Å². The average molecular weight is 259 g/mol. The zero-order valence-corrected chi connectivity index (χ0v) is 9.84. The largest absolute Gasteiger partial charge is 0.379 e. The molecule has 0 unspecified atom stereocenters. The molecule has 0 atom stereocenters. The molecule has 0 amide bonds. The molecule has 0 aliphatic rings. The Bertz CT molecular complexity index is 438. The molecule has 1 aromatic carbocycles. The molecule has 0 aromatic heterocycles. The predicted molar refractivity (Wildman–Crippen MR) is 66.0 cm³/mol. The van der Waals surface area contributed by atoms with Crippen molar-refractivity contribution < 1.29 is 9.31 Å². The van der Waals surface area contributed by atoms with Crippen LogP contribution < -0.4 is 5.32 Å². The summed E-state index contributed by atoms with van der Waals surface area (Å²) in [5, 5.41) is 13.3. The van der Waals surface area contributed by atoms with Crippen molar-refractivity contribution in [2.24, 2.45) is 0 Å². The van der Waals surface area contributed by atoms with Gasteiger partial charge in [-0.3, -0.25) is 10.1 Å². The van der Waals surface area contributed by atoms with E-state index < -0.39 is 10.7 Å². The van der Waals surface area contributed by atoms with Gasteiger partial charge in [0.2, 0.25) is 0 Å². The highest BCUT2D eigenvalue weighted by Crippen LogP contribution is 2.30. The number of rotatable bonds is 6. The van der Waals surface area contributed by atoms with Crippen LogP contribution in [-0.4, -0.2) is 11.5 Å². The third kappa shape index (κ3) is 3.71. The number of halogens is 2. The van der Waals surface area contributed by atoms with E-state index in [0.717, 1.165) is 25.0 Å². The number of nitrogens with one attached hydrogen (secondary N) is 1. The van der Waals surface area contributed by atoms with E-state index >= 15 is 0 Å². The molecule has 0 aliphatic heterocycles. The molecule has 0 saturated carbocycles. The van der Waals surface area contributed by atoms with Crippen molar-refractivity contribution >= 4 is 23.0 Å². The highest BCUT2D eigenvalue weighted by atomic mass is 35.5. The van der Waals surface area contributed by atoms with Gasteiger partial charge in [-0.05, 0) is 12.8 Å². The smallest absolute Gasteiger partial charge is 0.294 e. The van der Waals surface area contributed by atoms with E-state index in [1.807, 2.05) is 0 Å². The summed E-state index contributed by atoms with van der Waals surface area (Å²) in [4.78, 5) is 10.1. The Labute approximate surface area is 103 Å². The van der Waals surface area contributed by atoms with Crippen molar-refractivity contribution in [2.75, 3.05) is 11.9 Å². The van der Waals surface area contributed by atoms with Crippen LogP contribution in [0.1, 0.15) is 12.8 Å². The van der Waals surface area contributed by atoms with Gasteiger partial charge < -0.3 is 5.32 Å². The molecule has 0 radical (unpaired) electrons. The van der Waals surface area contributed by atoms with Gasteiger partial charge in [0.05, 0.1) is 9.95 Å². The second-order valence-electron chi connectivity index (χ2n) is 3.40. The van der Waals surface area contributed by atoms with Crippen molar-refractivity contribution in [3.05, 3.63) is 45.7 Å². The van der Waals surface area contributed by atoms with Crippen molar-refractivity contribution in [3.8, 4) is 0 Å². The lowest BCUT2D eigenvalue weighted by atomic mass is 10.2. The topological polar surface area (TPSA) is 55.2 Å². The van der Waals surface area contributed by atoms with Gasteiger partial charge in [0.15, 0.2) is 0 Å². The summed E-state index contributed by atoms with van der Waals surface area (Å²) in [6, 6.07) is 2.04. The van der Waals surface area contributed by atoms with Crippen molar-refractivity contribution in [2.45, 2.75) is 12.8 Å². The molecule has 6 heteroatoms. The van der Waals surface area contributed by atoms with Crippen LogP contribution in [0.15, 0.2) is 24.8 Å². The Morgan fingerprint density at radius 3 is 2.88 bits per heavy atom. The zero-order chi connectivity index (χ0) is 12.8. The minimum absolute atomic E-state index is 0.140. The SMILES string of the molecule is C=CCCCNc1cc(F)c(Cl)cc1[N+](=O)[O-]. The van der Waals surface area contributed by atoms with E-state index in [-0.39, 0.29) is 16.4 Å². The maximum Gasteiger partial charge on any atom is 0.294 e. The minimum Gasteiger partial charge on any atom is -0.379 e. The Hall–Kier alpha value is -1.62. The number of nitro benzene ring substituents is 1. The predicted octanol–water partition coefficient (Wildman–Crippen LogP) is 3.77. The van der Waals surface area contributed by atoms with Crippen molar-refractivity contribution in [1.82, 2.24) is 0 Å². The van der Waals surface area contributed by atoms with Crippen molar-refractivity contribution in [3.63, 3.8) is 0 Å². The molecule has 17 heavy (non-hydrogen) atoms. The number of benzene rings is 1. The molecule has 4 nitrogen and oxygen atoms in total. The molecular weight excluding hydrogens is 247 g/mol. The van der Waals surface area contributed by atoms with Gasteiger partial charge in [0, 0.05) is 18.7 Å². The zero-order valence-electron chi connectivity index (χ0n) is 9.08. The molecule has 0 heterocycles. The molecule has 0 saturated heterocycles. The molecule has 0 fully saturated rings. The Balaban J connectivity index is 2.85. The molecule has 92 valence electrons. The summed E-state index contributed by atoms with van der Waals surface area (Å²) in [5.41, 5.74) is -0.0871. The maximum atomic E-state index is 13.2. The highest BCUT2D eigenvalue weighted by Gasteiger charge is 2.17. The second-order valence-corrected chi connectivity index (χ2v) is 3.81. The number of nitrogens with zero attached hydrogens (tertiary/aromatic N) is 1. The first-order valence-corrected chi connectivity index (χ1v) is 5.42.